The second kappa shape index (κ2) is 46.1. The van der Waals surface area contributed by atoms with Gasteiger partial charge in [0.2, 0.25) is 0 Å². The largest absolute Gasteiger partial charge is 0.458 e. The van der Waals surface area contributed by atoms with Gasteiger partial charge in [0.1, 0.15) is 103 Å². The van der Waals surface area contributed by atoms with Gasteiger partial charge in [-0.2, -0.15) is 0 Å². The average molecular weight is 1620 g/mol. The van der Waals surface area contributed by atoms with Gasteiger partial charge in [0.05, 0.1) is 195 Å². The molecule has 1 fully saturated rings. The molecule has 0 aliphatic carbocycles. The quantitative estimate of drug-likeness (QED) is 0.0129. The van der Waals surface area contributed by atoms with Gasteiger partial charge in [-0.05, 0) is 5.04 Å². The van der Waals surface area contributed by atoms with Crippen LogP contribution in [0.2, 0.25) is 18.1 Å². The first-order valence-electron chi connectivity index (χ1n) is 36.2. The summed E-state index contributed by atoms with van der Waals surface area (Å²) >= 11 is 0. The predicted molar refractivity (Wildman–Crippen MR) is 389 cm³/mol. The van der Waals surface area contributed by atoms with Crippen LogP contribution in [0.4, 0.5) is 0 Å². The molecule has 44 nitrogen and oxygen atoms in total. The van der Waals surface area contributed by atoms with Crippen molar-refractivity contribution in [1.29, 1.82) is 0 Å². The highest BCUT2D eigenvalue weighted by molar-refractivity contribution is 6.87. The summed E-state index contributed by atoms with van der Waals surface area (Å²) in [7, 11) is -1.80. The maximum absolute atomic E-state index is 12.2. The lowest BCUT2D eigenvalue weighted by molar-refractivity contribution is -0.151. The van der Waals surface area contributed by atoms with Crippen LogP contribution < -0.4 is 0 Å². The van der Waals surface area contributed by atoms with Gasteiger partial charge in [0.15, 0.2) is 0 Å². The molecule has 0 saturated carbocycles. The number of carbonyl (C=O) groups excluding carboxylic acids is 7. The van der Waals surface area contributed by atoms with E-state index in [1.165, 1.54) is 81.2 Å². The fraction of sp³-hybridized carbons (Fsp3) is 0.667. The molecule has 0 spiro atoms. The van der Waals surface area contributed by atoms with Crippen LogP contribution in [-0.2, 0) is 201 Å². The summed E-state index contributed by atoms with van der Waals surface area (Å²) in [6, 6.07) is 0. The third-order valence-corrected chi connectivity index (χ3v) is 20.7. The predicted octanol–water partition coefficient (Wildman–Crippen LogP) is 1.27. The maximum atomic E-state index is 12.2. The molecule has 0 unspecified atom stereocenters. The minimum atomic E-state index is -1.80. The second-order valence-electron chi connectivity index (χ2n) is 27.9. The molecule has 8 rings (SSSR count). The number of esters is 7. The number of hydrogen-bond donors (Lipinski definition) is 0. The third kappa shape index (κ3) is 35.0. The summed E-state index contributed by atoms with van der Waals surface area (Å²) in [5.74, 6) is -0.584. The molecular weight excluding hydrogens is 1520 g/mol. The Morgan fingerprint density at radius 2 is 0.561 bits per heavy atom. The Morgan fingerprint density at radius 3 is 0.746 bits per heavy atom. The van der Waals surface area contributed by atoms with Crippen molar-refractivity contribution in [1.82, 2.24) is 105 Å². The van der Waals surface area contributed by atoms with Crippen LogP contribution in [0.5, 0.6) is 0 Å². The molecule has 0 amide bonds. The van der Waals surface area contributed by atoms with E-state index in [-0.39, 0.29) is 163 Å². The van der Waals surface area contributed by atoms with Crippen LogP contribution in [0.1, 0.15) is 117 Å². The monoisotopic (exact) mass is 1620 g/mol. The molecule has 7 aromatic heterocycles. The Morgan fingerprint density at radius 1 is 0.368 bits per heavy atom. The summed E-state index contributed by atoms with van der Waals surface area (Å²) in [4.78, 5) is 84.5. The molecule has 0 bridgehead atoms. The lowest BCUT2D eigenvalue weighted by Crippen LogP contribution is -2.35. The zero-order valence-corrected chi connectivity index (χ0v) is 66.4. The van der Waals surface area contributed by atoms with Gasteiger partial charge in [-0.1, -0.05) is 83.7 Å². The molecule has 0 aromatic carbocycles. The number of carbonyl (C=O) groups is 7. The van der Waals surface area contributed by atoms with Crippen LogP contribution in [0.15, 0.2) is 43.4 Å². The van der Waals surface area contributed by atoms with Crippen molar-refractivity contribution in [3.8, 4) is 11.5 Å². The van der Waals surface area contributed by atoms with E-state index in [2.05, 4.69) is 118 Å². The molecule has 7 aromatic rings. The molecule has 1 saturated heterocycles. The Kier molecular flexibility index (Phi) is 36.8. The lowest BCUT2D eigenvalue weighted by Gasteiger charge is -2.31. The van der Waals surface area contributed by atoms with Gasteiger partial charge in [-0.3, -0.25) is 33.6 Å². The Bertz CT molecular complexity index is 4190. The third-order valence-electron chi connectivity index (χ3n) is 16.2. The van der Waals surface area contributed by atoms with Gasteiger partial charge in [-0.25, -0.2) is 32.8 Å². The molecule has 1 aliphatic rings. The van der Waals surface area contributed by atoms with Crippen molar-refractivity contribution in [3.05, 3.63) is 83.2 Å². The van der Waals surface area contributed by atoms with Crippen molar-refractivity contribution >= 4 is 49.9 Å². The Labute approximate surface area is 658 Å². The summed E-state index contributed by atoms with van der Waals surface area (Å²) < 4.78 is 101. The molecule has 114 heavy (non-hydrogen) atoms. The van der Waals surface area contributed by atoms with Crippen molar-refractivity contribution in [3.63, 3.8) is 0 Å². The second-order valence-corrected chi connectivity index (χ2v) is 32.9. The van der Waals surface area contributed by atoms with Crippen molar-refractivity contribution < 1.29 is 109 Å². The van der Waals surface area contributed by atoms with Crippen LogP contribution in [0, 0.1) is 11.5 Å². The molecule has 0 N–H and O–H groups in total. The number of epoxide rings is 1. The fourth-order valence-electron chi connectivity index (χ4n) is 10.3. The first kappa shape index (κ1) is 90.9. The minimum Gasteiger partial charge on any atom is -0.458 e. The van der Waals surface area contributed by atoms with E-state index in [4.69, 9.17) is 75.8 Å². The van der Waals surface area contributed by atoms with Crippen LogP contribution in [-0.4, -0.2) is 270 Å². The van der Waals surface area contributed by atoms with E-state index in [1.807, 2.05) is 0 Å². The van der Waals surface area contributed by atoms with E-state index < -0.39 is 92.6 Å². The summed E-state index contributed by atoms with van der Waals surface area (Å²) in [5.41, 5.74) is 6.62. The molecule has 626 valence electrons. The highest BCUT2D eigenvalue weighted by Gasteiger charge is 2.34. The highest BCUT2D eigenvalue weighted by atomic mass is 28.3. The number of rotatable bonds is 52. The molecule has 0 radical (unpaired) electrons. The zero-order chi connectivity index (χ0) is 81.3. The molecular formula is C69H103N21O23Si. The summed E-state index contributed by atoms with van der Waals surface area (Å²) in [5, 5.41) is 58.2. The van der Waals surface area contributed by atoms with E-state index in [9.17, 15) is 33.6 Å². The fourth-order valence-corrected chi connectivity index (χ4v) is 11.2. The Balaban J connectivity index is 0.0000180. The topological polar surface area (TPSA) is 485 Å². The molecule has 45 heteroatoms. The first-order chi connectivity index (χ1) is 54.0. The lowest BCUT2D eigenvalue weighted by atomic mass is 10.2. The molecule has 8 heterocycles. The molecule has 1 aliphatic heterocycles. The standard InChI is InChI=1S/C68H99N21O23Si.CH4/c1-46(90)106-60(37-97-14-13-15-113(11,12)68(8,9)10)23-83-16-53(69-76-83)30-98-38-61(107-47(2)91)24-84-17-54(70-77-84)31-99-39-62(108-48(3)92)25-85-18-55(71-78-85)32-100-40-63(109-49(4)93)26-86-19-56(72-79-86)33-101-41-64(110-50(5)94)27-87-20-57(73-80-87)34-102-42-65(111-51(6)95)28-88-21-58(74-81-88)35-103-43-66(112-52(7)96)29-89-22-59(75-82-89)36-104-44-67-45-105-67;/h16-22,60-67H,14,23-45H2,1-12H3;1H4/t60-,61-,62-,63-,64-,65-,66-,67-;/m1./s1. The molecule has 8 atom stereocenters. The van der Waals surface area contributed by atoms with E-state index >= 15 is 0 Å². The van der Waals surface area contributed by atoms with Gasteiger partial charge in [-0.15, -0.1) is 41.2 Å². The normalized spacial score (nSPS) is 14.6. The van der Waals surface area contributed by atoms with E-state index in [0.717, 1.165) is 0 Å². The summed E-state index contributed by atoms with van der Waals surface area (Å²) in [6.07, 6.45) is 6.23. The summed E-state index contributed by atoms with van der Waals surface area (Å²) in [6.45, 7) is 22.1. The smallest absolute Gasteiger partial charge is 0.303 e. The zero-order valence-electron chi connectivity index (χ0n) is 65.4. The number of aromatic nitrogens is 21. The minimum absolute atomic E-state index is 0. The van der Waals surface area contributed by atoms with E-state index in [1.54, 1.807) is 43.4 Å². The van der Waals surface area contributed by atoms with Crippen molar-refractivity contribution in [2.24, 2.45) is 0 Å². The first-order valence-corrected chi connectivity index (χ1v) is 39.2. The van der Waals surface area contributed by atoms with Crippen LogP contribution in [0.3, 0.4) is 0 Å². The number of nitrogens with zero attached hydrogens (tertiary/aromatic N) is 21. The Hall–Kier alpha value is -10.3. The van der Waals surface area contributed by atoms with Crippen LogP contribution in [0.25, 0.3) is 0 Å². The van der Waals surface area contributed by atoms with Crippen LogP contribution >= 0.6 is 0 Å². The SMILES string of the molecule is C.CC(=O)O[C@@H](COCC#C[Si](C)(C)C(C)(C)C)Cn1cc(COC[C@@H](Cn2cc(COC[C@@H](Cn3cc(COC[C@@H](Cn4cc(COC[C@@H](Cn5cc(COC[C@@H](Cn6cc(COC[C@@H](Cn7cc(COC[C@@H]8CO8)nn7)OC(C)=O)nn6)OC(C)=O)nn5)OC(C)=O)nn4)OC(C)=O)nn3)OC(C)=O)nn2)OC(C)=O)nn1. The van der Waals surface area contributed by atoms with Crippen molar-refractivity contribution in [2.45, 2.75) is 236 Å². The number of ether oxygens (including phenoxy) is 16. The highest BCUT2D eigenvalue weighted by Crippen LogP contribution is 2.35. The maximum Gasteiger partial charge on any atom is 0.303 e. The van der Waals surface area contributed by atoms with Gasteiger partial charge < -0.3 is 75.8 Å². The van der Waals surface area contributed by atoms with Gasteiger partial charge >= 0.3 is 41.8 Å². The average Bonchev–Trinajstić information content (AvgIpc) is 1.54. The van der Waals surface area contributed by atoms with Gasteiger partial charge in [0, 0.05) is 48.5 Å². The van der Waals surface area contributed by atoms with Crippen molar-refractivity contribution in [2.75, 3.05) is 66.1 Å². The van der Waals surface area contributed by atoms with Gasteiger partial charge in [0.25, 0.3) is 0 Å². The number of hydrogen-bond acceptors (Lipinski definition) is 37. The van der Waals surface area contributed by atoms with E-state index in [0.29, 0.717) is 53.1 Å².